The summed E-state index contributed by atoms with van der Waals surface area (Å²) < 4.78 is 0. The average molecular weight is 301 g/mol. The van der Waals surface area contributed by atoms with Crippen molar-refractivity contribution < 1.29 is 0 Å². The van der Waals surface area contributed by atoms with Crippen molar-refractivity contribution in [1.82, 2.24) is 9.88 Å². The smallest absolute Gasteiger partial charge is 0.128 e. The van der Waals surface area contributed by atoms with Gasteiger partial charge in [-0.1, -0.05) is 33.3 Å². The molecule has 0 N–H and O–H groups in total. The molecule has 1 aromatic rings. The first-order valence-corrected chi connectivity index (χ1v) is 9.06. The quantitative estimate of drug-likeness (QED) is 0.819. The molecule has 2 fully saturated rings. The molecule has 1 saturated carbocycles. The highest BCUT2D eigenvalue weighted by molar-refractivity contribution is 5.45. The molecule has 1 atom stereocenters. The summed E-state index contributed by atoms with van der Waals surface area (Å²) in [6.45, 7) is 10.2. The Morgan fingerprint density at radius 1 is 1.23 bits per heavy atom. The fourth-order valence-corrected chi connectivity index (χ4v) is 3.62. The summed E-state index contributed by atoms with van der Waals surface area (Å²) in [5.41, 5.74) is 2.85. The summed E-state index contributed by atoms with van der Waals surface area (Å²) in [5.74, 6) is 2.52. The van der Waals surface area contributed by atoms with Crippen molar-refractivity contribution in [2.24, 2.45) is 0 Å². The number of nitrogens with zero attached hydrogens (tertiary/aromatic N) is 3. The fourth-order valence-electron chi connectivity index (χ4n) is 3.62. The Hall–Kier alpha value is -1.09. The molecule has 0 spiro atoms. The minimum absolute atomic E-state index is 0.581. The second kappa shape index (κ2) is 6.57. The van der Waals surface area contributed by atoms with Crippen LogP contribution < -0.4 is 4.90 Å². The lowest BCUT2D eigenvalue weighted by atomic mass is 9.99. The number of hydrogen-bond donors (Lipinski definition) is 0. The number of anilines is 1. The van der Waals surface area contributed by atoms with E-state index in [1.165, 1.54) is 42.8 Å². The fraction of sp³-hybridized carbons (Fsp3) is 0.737. The summed E-state index contributed by atoms with van der Waals surface area (Å²) >= 11 is 0. The van der Waals surface area contributed by atoms with Crippen LogP contribution in [0.25, 0.3) is 0 Å². The SMILES string of the molecule is CCCC1CN(c2ccc(C(C)C)c(C3CC3)n2)CCN1C. The van der Waals surface area contributed by atoms with Crippen molar-refractivity contribution >= 4 is 5.82 Å². The monoisotopic (exact) mass is 301 g/mol. The first-order chi connectivity index (χ1) is 10.6. The number of pyridine rings is 1. The van der Waals surface area contributed by atoms with Gasteiger partial charge in [0, 0.05) is 37.3 Å². The molecule has 22 heavy (non-hydrogen) atoms. The van der Waals surface area contributed by atoms with Gasteiger partial charge in [-0.2, -0.15) is 0 Å². The van der Waals surface area contributed by atoms with Crippen LogP contribution in [0.5, 0.6) is 0 Å². The first kappa shape index (κ1) is 15.8. The van der Waals surface area contributed by atoms with Gasteiger partial charge in [-0.25, -0.2) is 4.98 Å². The molecule has 2 heterocycles. The number of rotatable bonds is 5. The Labute approximate surface area is 135 Å². The van der Waals surface area contributed by atoms with Gasteiger partial charge in [-0.05, 0) is 43.9 Å². The Balaban J connectivity index is 1.81. The Kier molecular flexibility index (Phi) is 4.72. The van der Waals surface area contributed by atoms with Crippen LogP contribution in [0.15, 0.2) is 12.1 Å². The van der Waals surface area contributed by atoms with Crippen LogP contribution >= 0.6 is 0 Å². The molecule has 1 aromatic heterocycles. The van der Waals surface area contributed by atoms with E-state index < -0.39 is 0 Å². The zero-order chi connectivity index (χ0) is 15.7. The van der Waals surface area contributed by atoms with E-state index in [2.05, 4.69) is 49.8 Å². The summed E-state index contributed by atoms with van der Waals surface area (Å²) in [6, 6.07) is 5.28. The van der Waals surface area contributed by atoms with Crippen LogP contribution in [0, 0.1) is 0 Å². The molecule has 1 aliphatic carbocycles. The summed E-state index contributed by atoms with van der Waals surface area (Å²) in [4.78, 5) is 10.1. The molecule has 0 radical (unpaired) electrons. The van der Waals surface area contributed by atoms with Gasteiger partial charge in [0.15, 0.2) is 0 Å². The Morgan fingerprint density at radius 3 is 2.64 bits per heavy atom. The number of likely N-dealkylation sites (N-methyl/N-ethyl adjacent to an activating group) is 1. The van der Waals surface area contributed by atoms with Gasteiger partial charge in [0.2, 0.25) is 0 Å². The normalized spacial score (nSPS) is 23.3. The van der Waals surface area contributed by atoms with E-state index in [0.717, 1.165) is 25.6 Å². The van der Waals surface area contributed by atoms with Gasteiger partial charge >= 0.3 is 0 Å². The van der Waals surface area contributed by atoms with E-state index in [1.807, 2.05) is 0 Å². The third-order valence-electron chi connectivity index (χ3n) is 5.25. The minimum atomic E-state index is 0.581. The molecule has 3 heteroatoms. The molecule has 1 saturated heterocycles. The van der Waals surface area contributed by atoms with Crippen LogP contribution in [0.3, 0.4) is 0 Å². The number of piperazine rings is 1. The second-order valence-electron chi connectivity index (χ2n) is 7.44. The summed E-state index contributed by atoms with van der Waals surface area (Å²) in [6.07, 6.45) is 5.21. The van der Waals surface area contributed by atoms with E-state index in [-0.39, 0.29) is 0 Å². The van der Waals surface area contributed by atoms with Gasteiger partial charge in [0.25, 0.3) is 0 Å². The predicted octanol–water partition coefficient (Wildman–Crippen LogP) is 4.00. The zero-order valence-electron chi connectivity index (χ0n) is 14.7. The standard InChI is InChI=1S/C19H31N3/c1-5-6-16-13-22(12-11-21(16)4)18-10-9-17(14(2)3)19(20-18)15-7-8-15/h9-10,14-16H,5-8,11-13H2,1-4H3. The van der Waals surface area contributed by atoms with Gasteiger partial charge in [-0.15, -0.1) is 0 Å². The zero-order valence-corrected chi connectivity index (χ0v) is 14.7. The lowest BCUT2D eigenvalue weighted by molar-refractivity contribution is 0.206. The third kappa shape index (κ3) is 3.29. The lowest BCUT2D eigenvalue weighted by Gasteiger charge is -2.40. The van der Waals surface area contributed by atoms with Crippen molar-refractivity contribution in [2.45, 2.75) is 64.3 Å². The van der Waals surface area contributed by atoms with Crippen LogP contribution in [-0.4, -0.2) is 42.6 Å². The topological polar surface area (TPSA) is 19.4 Å². The van der Waals surface area contributed by atoms with Crippen LogP contribution in [0.2, 0.25) is 0 Å². The van der Waals surface area contributed by atoms with Crippen molar-refractivity contribution in [3.05, 3.63) is 23.4 Å². The van der Waals surface area contributed by atoms with Crippen LogP contribution in [-0.2, 0) is 0 Å². The average Bonchev–Trinajstić information content (AvgIpc) is 3.34. The predicted molar refractivity (Wildman–Crippen MR) is 93.8 cm³/mol. The number of hydrogen-bond acceptors (Lipinski definition) is 3. The van der Waals surface area contributed by atoms with Gasteiger partial charge in [-0.3, -0.25) is 4.90 Å². The maximum atomic E-state index is 5.11. The van der Waals surface area contributed by atoms with E-state index in [9.17, 15) is 0 Å². The molecule has 122 valence electrons. The molecule has 1 aliphatic heterocycles. The second-order valence-corrected chi connectivity index (χ2v) is 7.44. The third-order valence-corrected chi connectivity index (χ3v) is 5.25. The maximum Gasteiger partial charge on any atom is 0.128 e. The van der Waals surface area contributed by atoms with Gasteiger partial charge in [0.1, 0.15) is 5.82 Å². The molecule has 1 unspecified atom stereocenters. The van der Waals surface area contributed by atoms with Crippen molar-refractivity contribution in [1.29, 1.82) is 0 Å². The van der Waals surface area contributed by atoms with Crippen LogP contribution in [0.4, 0.5) is 5.82 Å². The van der Waals surface area contributed by atoms with Crippen molar-refractivity contribution in [2.75, 3.05) is 31.6 Å². The van der Waals surface area contributed by atoms with E-state index in [1.54, 1.807) is 0 Å². The molecular weight excluding hydrogens is 270 g/mol. The Morgan fingerprint density at radius 2 is 2.00 bits per heavy atom. The highest BCUT2D eigenvalue weighted by Gasteiger charge is 2.30. The maximum absolute atomic E-state index is 5.11. The van der Waals surface area contributed by atoms with Gasteiger partial charge < -0.3 is 4.90 Å². The number of aromatic nitrogens is 1. The van der Waals surface area contributed by atoms with Gasteiger partial charge in [0.05, 0.1) is 0 Å². The summed E-state index contributed by atoms with van der Waals surface area (Å²) in [7, 11) is 2.27. The Bertz CT molecular complexity index is 507. The minimum Gasteiger partial charge on any atom is -0.354 e. The van der Waals surface area contributed by atoms with E-state index >= 15 is 0 Å². The molecule has 3 nitrogen and oxygen atoms in total. The van der Waals surface area contributed by atoms with Crippen LogP contribution in [0.1, 0.15) is 69.5 Å². The molecule has 0 aromatic carbocycles. The largest absolute Gasteiger partial charge is 0.354 e. The molecule has 3 rings (SSSR count). The van der Waals surface area contributed by atoms with E-state index in [0.29, 0.717) is 12.0 Å². The first-order valence-electron chi connectivity index (χ1n) is 9.06. The molecule has 0 amide bonds. The summed E-state index contributed by atoms with van der Waals surface area (Å²) in [5, 5.41) is 0. The highest BCUT2D eigenvalue weighted by atomic mass is 15.3. The highest BCUT2D eigenvalue weighted by Crippen LogP contribution is 2.43. The molecular formula is C19H31N3. The lowest BCUT2D eigenvalue weighted by Crippen LogP contribution is -2.51. The van der Waals surface area contributed by atoms with Crippen molar-refractivity contribution in [3.8, 4) is 0 Å². The molecule has 2 aliphatic rings. The molecule has 0 bridgehead atoms. The van der Waals surface area contributed by atoms with E-state index in [4.69, 9.17) is 4.98 Å². The van der Waals surface area contributed by atoms with Crippen molar-refractivity contribution in [3.63, 3.8) is 0 Å².